The Labute approximate surface area is 124 Å². The van der Waals surface area contributed by atoms with Crippen molar-refractivity contribution in [2.24, 2.45) is 0 Å². The normalized spacial score (nSPS) is 22.2. The van der Waals surface area contributed by atoms with Crippen LogP contribution in [0.4, 0.5) is 4.39 Å². The summed E-state index contributed by atoms with van der Waals surface area (Å²) in [5.74, 6) is 0.610. The van der Waals surface area contributed by atoms with Crippen molar-refractivity contribution in [2.75, 3.05) is 0 Å². The molecule has 0 amide bonds. The average molecular weight is 286 g/mol. The summed E-state index contributed by atoms with van der Waals surface area (Å²) in [6, 6.07) is 14.6. The van der Waals surface area contributed by atoms with E-state index in [1.165, 1.54) is 17.7 Å². The minimum atomic E-state index is -0.655. The molecule has 1 aliphatic rings. The maximum atomic E-state index is 13.2. The molecule has 0 fully saturated rings. The first kappa shape index (κ1) is 14.1. The van der Waals surface area contributed by atoms with Crippen LogP contribution >= 0.6 is 0 Å². The fourth-order valence-corrected chi connectivity index (χ4v) is 2.95. The zero-order valence-electron chi connectivity index (χ0n) is 12.0. The van der Waals surface area contributed by atoms with E-state index in [-0.39, 0.29) is 11.9 Å². The number of hydrogen-bond donors (Lipinski definition) is 1. The summed E-state index contributed by atoms with van der Waals surface area (Å²) in [5, 5.41) is 10.2. The molecule has 0 aromatic heterocycles. The lowest BCUT2D eigenvalue weighted by Crippen LogP contribution is -2.27. The third-order valence-corrected chi connectivity index (χ3v) is 4.10. The predicted molar refractivity (Wildman–Crippen MR) is 79.9 cm³/mol. The maximum absolute atomic E-state index is 13.2. The van der Waals surface area contributed by atoms with Gasteiger partial charge in [-0.05, 0) is 36.1 Å². The van der Waals surface area contributed by atoms with Crippen molar-refractivity contribution in [3.05, 3.63) is 65.5 Å². The smallest absolute Gasteiger partial charge is 0.125 e. The van der Waals surface area contributed by atoms with Gasteiger partial charge in [0.25, 0.3) is 0 Å². The van der Waals surface area contributed by atoms with Gasteiger partial charge in [0.15, 0.2) is 0 Å². The Morgan fingerprint density at radius 3 is 2.76 bits per heavy atom. The van der Waals surface area contributed by atoms with Crippen LogP contribution in [-0.4, -0.2) is 11.2 Å². The van der Waals surface area contributed by atoms with Gasteiger partial charge in [-0.15, -0.1) is 0 Å². The number of ether oxygens (including phenoxy) is 1. The molecule has 3 rings (SSSR count). The summed E-state index contributed by atoms with van der Waals surface area (Å²) >= 11 is 0. The Morgan fingerprint density at radius 1 is 1.24 bits per heavy atom. The van der Waals surface area contributed by atoms with E-state index in [0.717, 1.165) is 6.42 Å². The topological polar surface area (TPSA) is 29.5 Å². The fourth-order valence-electron chi connectivity index (χ4n) is 2.95. The molecule has 110 valence electrons. The molecule has 3 heteroatoms. The monoisotopic (exact) mass is 286 g/mol. The largest absolute Gasteiger partial charge is 0.490 e. The lowest BCUT2D eigenvalue weighted by atomic mass is 9.90. The number of hydrogen-bond acceptors (Lipinski definition) is 2. The van der Waals surface area contributed by atoms with E-state index >= 15 is 0 Å². The van der Waals surface area contributed by atoms with Crippen molar-refractivity contribution in [3.8, 4) is 5.75 Å². The zero-order valence-corrected chi connectivity index (χ0v) is 12.0. The van der Waals surface area contributed by atoms with E-state index in [9.17, 15) is 9.50 Å². The average Bonchev–Trinajstić information content (AvgIpc) is 2.49. The van der Waals surface area contributed by atoms with Gasteiger partial charge in [-0.2, -0.15) is 0 Å². The quantitative estimate of drug-likeness (QED) is 0.916. The van der Waals surface area contributed by atoms with Crippen molar-refractivity contribution >= 4 is 0 Å². The highest BCUT2D eigenvalue weighted by molar-refractivity contribution is 5.37. The molecule has 1 aliphatic heterocycles. The third-order valence-electron chi connectivity index (χ3n) is 4.10. The van der Waals surface area contributed by atoms with Gasteiger partial charge in [-0.1, -0.05) is 37.3 Å². The molecular formula is C18H19FO2. The highest BCUT2D eigenvalue weighted by Gasteiger charge is 2.28. The Balaban J connectivity index is 1.73. The molecule has 0 saturated heterocycles. The Bertz CT molecular complexity index is 612. The zero-order chi connectivity index (χ0) is 14.8. The minimum Gasteiger partial charge on any atom is -0.490 e. The molecule has 3 atom stereocenters. The van der Waals surface area contributed by atoms with Crippen LogP contribution in [0.25, 0.3) is 0 Å². The molecule has 21 heavy (non-hydrogen) atoms. The van der Waals surface area contributed by atoms with E-state index in [2.05, 4.69) is 19.1 Å². The molecule has 2 nitrogen and oxygen atoms in total. The summed E-state index contributed by atoms with van der Waals surface area (Å²) in [6.07, 6.45) is 0.636. The minimum absolute atomic E-state index is 0.0480. The predicted octanol–water partition coefficient (Wildman–Crippen LogP) is 4.20. The Kier molecular flexibility index (Phi) is 3.93. The molecule has 0 bridgehead atoms. The van der Waals surface area contributed by atoms with E-state index in [4.69, 9.17) is 4.74 Å². The third kappa shape index (κ3) is 3.08. The van der Waals surface area contributed by atoms with Crippen molar-refractivity contribution in [1.29, 1.82) is 0 Å². The van der Waals surface area contributed by atoms with Crippen LogP contribution < -0.4 is 4.74 Å². The van der Waals surface area contributed by atoms with Gasteiger partial charge in [-0.3, -0.25) is 0 Å². The van der Waals surface area contributed by atoms with Gasteiger partial charge in [0.1, 0.15) is 17.7 Å². The highest BCUT2D eigenvalue weighted by Crippen LogP contribution is 2.37. The van der Waals surface area contributed by atoms with Crippen molar-refractivity contribution < 1.29 is 14.2 Å². The number of fused-ring (bicyclic) bond motifs is 1. The molecule has 3 unspecified atom stereocenters. The van der Waals surface area contributed by atoms with Crippen LogP contribution in [0.2, 0.25) is 0 Å². The lowest BCUT2D eigenvalue weighted by molar-refractivity contribution is 0.0585. The Morgan fingerprint density at radius 2 is 2.00 bits per heavy atom. The standard InChI is InChI=1S/C18H19FO2/c1-12(13-5-3-2-4-6-13)9-15-11-17(20)16-10-14(19)7-8-18(16)21-15/h2-8,10,12,15,17,20H,9,11H2,1H3. The molecule has 2 aromatic rings. The second-order valence-corrected chi connectivity index (χ2v) is 5.72. The first-order valence-corrected chi connectivity index (χ1v) is 7.32. The van der Waals surface area contributed by atoms with Crippen molar-refractivity contribution in [2.45, 2.75) is 37.9 Å². The number of aliphatic hydroxyl groups is 1. The molecule has 0 aliphatic carbocycles. The van der Waals surface area contributed by atoms with Gasteiger partial charge >= 0.3 is 0 Å². The summed E-state index contributed by atoms with van der Waals surface area (Å²) < 4.78 is 19.2. The van der Waals surface area contributed by atoms with Gasteiger partial charge < -0.3 is 9.84 Å². The van der Waals surface area contributed by atoms with E-state index in [0.29, 0.717) is 23.7 Å². The first-order chi connectivity index (χ1) is 10.1. The van der Waals surface area contributed by atoms with Gasteiger partial charge in [0, 0.05) is 12.0 Å². The Hall–Kier alpha value is -1.87. The van der Waals surface area contributed by atoms with Gasteiger partial charge in [-0.25, -0.2) is 4.39 Å². The van der Waals surface area contributed by atoms with Crippen LogP contribution in [0.5, 0.6) is 5.75 Å². The highest BCUT2D eigenvalue weighted by atomic mass is 19.1. The summed E-state index contributed by atoms with van der Waals surface area (Å²) in [6.45, 7) is 2.16. The number of benzene rings is 2. The molecule has 1 N–H and O–H groups in total. The van der Waals surface area contributed by atoms with Crippen molar-refractivity contribution in [3.63, 3.8) is 0 Å². The van der Waals surface area contributed by atoms with E-state index in [1.807, 2.05) is 18.2 Å². The molecule has 0 saturated carbocycles. The summed E-state index contributed by atoms with van der Waals surface area (Å²) in [7, 11) is 0. The van der Waals surface area contributed by atoms with E-state index < -0.39 is 6.10 Å². The second kappa shape index (κ2) is 5.86. The SMILES string of the molecule is CC(CC1CC(O)c2cc(F)ccc2O1)c1ccccc1. The molecule has 0 radical (unpaired) electrons. The van der Waals surface area contributed by atoms with Crippen LogP contribution in [0, 0.1) is 5.82 Å². The maximum Gasteiger partial charge on any atom is 0.125 e. The van der Waals surface area contributed by atoms with Crippen LogP contribution in [0.15, 0.2) is 48.5 Å². The fraction of sp³-hybridized carbons (Fsp3) is 0.333. The summed E-state index contributed by atoms with van der Waals surface area (Å²) in [4.78, 5) is 0. The number of aliphatic hydroxyl groups excluding tert-OH is 1. The molecular weight excluding hydrogens is 267 g/mol. The first-order valence-electron chi connectivity index (χ1n) is 7.32. The molecule has 2 aromatic carbocycles. The number of rotatable bonds is 3. The van der Waals surface area contributed by atoms with Gasteiger partial charge in [0.05, 0.1) is 6.10 Å². The lowest BCUT2D eigenvalue weighted by Gasteiger charge is -2.31. The van der Waals surface area contributed by atoms with Crippen LogP contribution in [-0.2, 0) is 0 Å². The van der Waals surface area contributed by atoms with Crippen molar-refractivity contribution in [1.82, 2.24) is 0 Å². The van der Waals surface area contributed by atoms with Gasteiger partial charge in [0.2, 0.25) is 0 Å². The van der Waals surface area contributed by atoms with E-state index in [1.54, 1.807) is 6.07 Å². The second-order valence-electron chi connectivity index (χ2n) is 5.72. The molecule has 0 spiro atoms. The molecule has 1 heterocycles. The summed E-state index contributed by atoms with van der Waals surface area (Å²) in [5.41, 5.74) is 1.82. The van der Waals surface area contributed by atoms with Crippen LogP contribution in [0.1, 0.15) is 42.9 Å². The van der Waals surface area contributed by atoms with Crippen LogP contribution in [0.3, 0.4) is 0 Å². The number of halogens is 1.